The van der Waals surface area contributed by atoms with Crippen molar-refractivity contribution in [3.8, 4) is 5.69 Å². The fourth-order valence-corrected chi connectivity index (χ4v) is 5.31. The molecule has 8 nitrogen and oxygen atoms in total. The molecule has 162 valence electrons. The Labute approximate surface area is 193 Å². The molecule has 2 aromatic heterocycles. The molecule has 0 atom stereocenters. The van der Waals surface area contributed by atoms with Crippen molar-refractivity contribution < 1.29 is 9.59 Å². The van der Waals surface area contributed by atoms with E-state index in [1.807, 2.05) is 35.8 Å². The lowest BCUT2D eigenvalue weighted by atomic mass is 10.3. The molecule has 3 heterocycles. The zero-order valence-corrected chi connectivity index (χ0v) is 19.5. The van der Waals surface area contributed by atoms with E-state index in [2.05, 4.69) is 15.2 Å². The first-order valence-electron chi connectivity index (χ1n) is 9.72. The topological polar surface area (TPSA) is 84.2 Å². The summed E-state index contributed by atoms with van der Waals surface area (Å²) >= 11 is 9.10. The van der Waals surface area contributed by atoms with Gasteiger partial charge in [0.05, 0.1) is 11.4 Å². The number of carbonyl (C=O) groups is 2. The Bertz CT molecular complexity index is 1110. The maximum Gasteiger partial charge on any atom is 0.273 e. The standard InChI is InChI=1S/C20H21ClN6O2S2/c1-13-23-24-20(27(13)16-5-3-4-15(21)10-16)31-12-18-22-17(11-30-18)19(29)26-8-6-25(7-9-26)14(2)28/h3-5,10-11H,6-9,12H2,1-2H3. The van der Waals surface area contributed by atoms with Crippen molar-refractivity contribution in [3.05, 3.63) is 51.2 Å². The lowest BCUT2D eigenvalue weighted by Crippen LogP contribution is -2.50. The highest BCUT2D eigenvalue weighted by molar-refractivity contribution is 7.98. The van der Waals surface area contributed by atoms with Crippen molar-refractivity contribution in [2.45, 2.75) is 24.8 Å². The smallest absolute Gasteiger partial charge is 0.273 e. The number of aryl methyl sites for hydroxylation is 1. The van der Waals surface area contributed by atoms with Crippen molar-refractivity contribution in [1.82, 2.24) is 29.5 Å². The number of aromatic nitrogens is 4. The van der Waals surface area contributed by atoms with Gasteiger partial charge in [-0.15, -0.1) is 21.5 Å². The number of amides is 2. The minimum atomic E-state index is -0.0892. The Hall–Kier alpha value is -2.43. The molecule has 1 fully saturated rings. The molecule has 3 aromatic rings. The number of hydrogen-bond donors (Lipinski definition) is 0. The molecule has 4 rings (SSSR count). The third-order valence-corrected chi connectivity index (χ3v) is 7.18. The van der Waals surface area contributed by atoms with E-state index in [4.69, 9.17) is 11.6 Å². The number of nitrogens with zero attached hydrogens (tertiary/aromatic N) is 6. The number of rotatable bonds is 5. The van der Waals surface area contributed by atoms with Gasteiger partial charge >= 0.3 is 0 Å². The van der Waals surface area contributed by atoms with Crippen molar-refractivity contribution in [2.24, 2.45) is 0 Å². The van der Waals surface area contributed by atoms with E-state index in [9.17, 15) is 9.59 Å². The minimum absolute atomic E-state index is 0.0425. The van der Waals surface area contributed by atoms with Crippen LogP contribution in [0.3, 0.4) is 0 Å². The van der Waals surface area contributed by atoms with E-state index in [1.165, 1.54) is 23.1 Å². The average Bonchev–Trinajstić information content (AvgIpc) is 3.38. The van der Waals surface area contributed by atoms with Gasteiger partial charge in [0.2, 0.25) is 5.91 Å². The number of carbonyl (C=O) groups excluding carboxylic acids is 2. The van der Waals surface area contributed by atoms with Crippen LogP contribution >= 0.6 is 34.7 Å². The van der Waals surface area contributed by atoms with Crippen molar-refractivity contribution >= 4 is 46.5 Å². The molecule has 0 unspecified atom stereocenters. The number of hydrogen-bond acceptors (Lipinski definition) is 7. The van der Waals surface area contributed by atoms with Crippen LogP contribution in [0.2, 0.25) is 5.02 Å². The van der Waals surface area contributed by atoms with Crippen molar-refractivity contribution in [2.75, 3.05) is 26.2 Å². The Morgan fingerprint density at radius 1 is 1.16 bits per heavy atom. The summed E-state index contributed by atoms with van der Waals surface area (Å²) in [5, 5.41) is 12.5. The Balaban J connectivity index is 1.41. The molecule has 0 radical (unpaired) electrons. The van der Waals surface area contributed by atoms with Gasteiger partial charge in [-0.1, -0.05) is 29.4 Å². The summed E-state index contributed by atoms with van der Waals surface area (Å²) in [6.45, 7) is 5.63. The largest absolute Gasteiger partial charge is 0.339 e. The van der Waals surface area contributed by atoms with Crippen LogP contribution < -0.4 is 0 Å². The SMILES string of the molecule is CC(=O)N1CCN(C(=O)c2csc(CSc3nnc(C)n3-c3cccc(Cl)c3)n2)CC1. The number of halogens is 1. The van der Waals surface area contributed by atoms with E-state index in [0.29, 0.717) is 42.6 Å². The van der Waals surface area contributed by atoms with E-state index in [0.717, 1.165) is 21.7 Å². The third kappa shape index (κ3) is 4.91. The Kier molecular flexibility index (Phi) is 6.59. The summed E-state index contributed by atoms with van der Waals surface area (Å²) in [6.07, 6.45) is 0. The van der Waals surface area contributed by atoms with Crippen LogP contribution in [0.25, 0.3) is 5.69 Å². The van der Waals surface area contributed by atoms with Crippen LogP contribution in [0.15, 0.2) is 34.8 Å². The minimum Gasteiger partial charge on any atom is -0.339 e. The molecule has 0 saturated carbocycles. The second-order valence-corrected chi connectivity index (χ2v) is 9.38. The van der Waals surface area contributed by atoms with Crippen LogP contribution in [0.1, 0.15) is 28.2 Å². The molecule has 31 heavy (non-hydrogen) atoms. The zero-order valence-electron chi connectivity index (χ0n) is 17.1. The monoisotopic (exact) mass is 476 g/mol. The van der Waals surface area contributed by atoms with E-state index < -0.39 is 0 Å². The summed E-state index contributed by atoms with van der Waals surface area (Å²) in [7, 11) is 0. The lowest BCUT2D eigenvalue weighted by Gasteiger charge is -2.33. The molecule has 1 aliphatic rings. The second-order valence-electron chi connectivity index (χ2n) is 7.06. The fourth-order valence-electron chi connectivity index (χ4n) is 3.34. The first-order valence-corrected chi connectivity index (χ1v) is 12.0. The number of thiazole rings is 1. The molecule has 1 aromatic carbocycles. The third-order valence-electron chi connectivity index (χ3n) is 4.97. The van der Waals surface area contributed by atoms with Crippen LogP contribution in [0, 0.1) is 6.92 Å². The average molecular weight is 477 g/mol. The van der Waals surface area contributed by atoms with Gasteiger partial charge in [-0.25, -0.2) is 4.98 Å². The van der Waals surface area contributed by atoms with E-state index in [-0.39, 0.29) is 11.8 Å². The predicted molar refractivity (Wildman–Crippen MR) is 121 cm³/mol. The molecule has 11 heteroatoms. The first kappa shape index (κ1) is 21.8. The highest BCUT2D eigenvalue weighted by Crippen LogP contribution is 2.27. The highest BCUT2D eigenvalue weighted by atomic mass is 35.5. The van der Waals surface area contributed by atoms with Gasteiger partial charge in [-0.2, -0.15) is 0 Å². The number of piperazine rings is 1. The van der Waals surface area contributed by atoms with Crippen LogP contribution in [-0.2, 0) is 10.5 Å². The summed E-state index contributed by atoms with van der Waals surface area (Å²) in [6, 6.07) is 7.54. The molecule has 0 aliphatic carbocycles. The summed E-state index contributed by atoms with van der Waals surface area (Å²) in [4.78, 5) is 32.3. The summed E-state index contributed by atoms with van der Waals surface area (Å²) < 4.78 is 1.95. The molecule has 1 saturated heterocycles. The van der Waals surface area contributed by atoms with E-state index in [1.54, 1.807) is 22.1 Å². The van der Waals surface area contributed by atoms with Crippen LogP contribution in [0.4, 0.5) is 0 Å². The van der Waals surface area contributed by atoms with Gasteiger partial charge in [0, 0.05) is 43.5 Å². The fraction of sp³-hybridized carbons (Fsp3) is 0.350. The quantitative estimate of drug-likeness (QED) is 0.525. The van der Waals surface area contributed by atoms with E-state index >= 15 is 0 Å². The summed E-state index contributed by atoms with van der Waals surface area (Å²) in [5.74, 6) is 1.30. The van der Waals surface area contributed by atoms with Gasteiger partial charge in [0.25, 0.3) is 5.91 Å². The molecule has 1 aliphatic heterocycles. The maximum atomic E-state index is 12.8. The summed E-state index contributed by atoms with van der Waals surface area (Å²) in [5.41, 5.74) is 1.35. The van der Waals surface area contributed by atoms with Gasteiger partial charge in [-0.3, -0.25) is 14.2 Å². The number of benzene rings is 1. The Morgan fingerprint density at radius 2 is 1.90 bits per heavy atom. The van der Waals surface area contributed by atoms with Crippen LogP contribution in [0.5, 0.6) is 0 Å². The molecule has 0 spiro atoms. The van der Waals surface area contributed by atoms with Gasteiger partial charge in [0.15, 0.2) is 5.16 Å². The second kappa shape index (κ2) is 9.37. The normalized spacial score (nSPS) is 14.2. The van der Waals surface area contributed by atoms with Crippen molar-refractivity contribution in [3.63, 3.8) is 0 Å². The first-order chi connectivity index (χ1) is 14.9. The maximum absolute atomic E-state index is 12.8. The Morgan fingerprint density at radius 3 is 2.61 bits per heavy atom. The molecular weight excluding hydrogens is 456 g/mol. The molecular formula is C20H21ClN6O2S2. The molecule has 0 N–H and O–H groups in total. The predicted octanol–water partition coefficient (Wildman–Crippen LogP) is 3.28. The molecule has 2 amide bonds. The highest BCUT2D eigenvalue weighted by Gasteiger charge is 2.25. The molecule has 0 bridgehead atoms. The lowest BCUT2D eigenvalue weighted by molar-refractivity contribution is -0.130. The van der Waals surface area contributed by atoms with Crippen LogP contribution in [-0.4, -0.2) is 67.5 Å². The number of thioether (sulfide) groups is 1. The van der Waals surface area contributed by atoms with Gasteiger partial charge in [-0.05, 0) is 25.1 Å². The van der Waals surface area contributed by atoms with Crippen molar-refractivity contribution in [1.29, 1.82) is 0 Å². The van der Waals surface area contributed by atoms with Gasteiger partial charge in [0.1, 0.15) is 16.5 Å². The van der Waals surface area contributed by atoms with Gasteiger partial charge < -0.3 is 9.80 Å². The zero-order chi connectivity index (χ0) is 22.0.